The lowest BCUT2D eigenvalue weighted by Crippen LogP contribution is -2.18. The first-order valence-electron chi connectivity index (χ1n) is 5.71. The fraction of sp³-hybridized carbons (Fsp3) is 0.917. The van der Waals surface area contributed by atoms with Crippen LogP contribution in [0.15, 0.2) is 0 Å². The van der Waals surface area contributed by atoms with Gasteiger partial charge in [-0.2, -0.15) is 0 Å². The molecule has 0 rings (SSSR count). The molecule has 0 aromatic carbocycles. The molecule has 0 fully saturated rings. The van der Waals surface area contributed by atoms with Gasteiger partial charge in [-0.3, -0.25) is 4.79 Å². The van der Waals surface area contributed by atoms with Crippen molar-refractivity contribution in [3.05, 3.63) is 0 Å². The molecule has 1 N–H and O–H groups in total. The van der Waals surface area contributed by atoms with Gasteiger partial charge in [0.25, 0.3) is 0 Å². The van der Waals surface area contributed by atoms with E-state index in [-0.39, 0.29) is 5.92 Å². The molecule has 3 unspecified atom stereocenters. The van der Waals surface area contributed by atoms with E-state index in [1.165, 1.54) is 12.8 Å². The third kappa shape index (κ3) is 5.25. The highest BCUT2D eigenvalue weighted by Crippen LogP contribution is 2.21. The van der Waals surface area contributed by atoms with Crippen molar-refractivity contribution in [3.8, 4) is 0 Å². The summed E-state index contributed by atoms with van der Waals surface area (Å²) in [5, 5.41) is 8.82. The van der Waals surface area contributed by atoms with E-state index < -0.39 is 5.97 Å². The average molecular weight is 200 g/mol. The van der Waals surface area contributed by atoms with Gasteiger partial charge >= 0.3 is 5.97 Å². The lowest BCUT2D eigenvalue weighted by atomic mass is 9.88. The Hall–Kier alpha value is -0.530. The van der Waals surface area contributed by atoms with Crippen molar-refractivity contribution in [2.75, 3.05) is 0 Å². The van der Waals surface area contributed by atoms with Crippen molar-refractivity contribution in [2.24, 2.45) is 17.8 Å². The van der Waals surface area contributed by atoms with Crippen LogP contribution < -0.4 is 0 Å². The molecule has 0 bridgehead atoms. The number of carbonyl (C=O) groups is 1. The number of rotatable bonds is 7. The minimum atomic E-state index is -0.666. The van der Waals surface area contributed by atoms with Crippen molar-refractivity contribution in [2.45, 2.75) is 53.4 Å². The van der Waals surface area contributed by atoms with Gasteiger partial charge in [-0.05, 0) is 18.3 Å². The zero-order chi connectivity index (χ0) is 11.1. The number of hydrogen-bond donors (Lipinski definition) is 1. The fourth-order valence-electron chi connectivity index (χ4n) is 1.68. The van der Waals surface area contributed by atoms with Crippen molar-refractivity contribution >= 4 is 5.97 Å². The summed E-state index contributed by atoms with van der Waals surface area (Å²) in [5.74, 6) is 0.166. The van der Waals surface area contributed by atoms with E-state index >= 15 is 0 Å². The summed E-state index contributed by atoms with van der Waals surface area (Å²) in [6.07, 6.45) is 4.68. The molecule has 0 aliphatic rings. The summed E-state index contributed by atoms with van der Waals surface area (Å²) in [5.41, 5.74) is 0. The van der Waals surface area contributed by atoms with Crippen LogP contribution in [0.3, 0.4) is 0 Å². The SMILES string of the molecule is CCCC(C)CCC(C)C(C)C(=O)O. The van der Waals surface area contributed by atoms with E-state index in [0.29, 0.717) is 5.92 Å². The van der Waals surface area contributed by atoms with Crippen LogP contribution >= 0.6 is 0 Å². The van der Waals surface area contributed by atoms with Gasteiger partial charge in [-0.25, -0.2) is 0 Å². The molecule has 0 aromatic rings. The summed E-state index contributed by atoms with van der Waals surface area (Å²) in [4.78, 5) is 10.7. The van der Waals surface area contributed by atoms with Crippen LogP contribution in [0.4, 0.5) is 0 Å². The Morgan fingerprint density at radius 1 is 1.14 bits per heavy atom. The maximum Gasteiger partial charge on any atom is 0.306 e. The Morgan fingerprint density at radius 2 is 1.71 bits per heavy atom. The van der Waals surface area contributed by atoms with Crippen LogP contribution in [0.25, 0.3) is 0 Å². The van der Waals surface area contributed by atoms with Crippen LogP contribution in [0.5, 0.6) is 0 Å². The van der Waals surface area contributed by atoms with Crippen LogP contribution in [0, 0.1) is 17.8 Å². The quantitative estimate of drug-likeness (QED) is 0.682. The third-order valence-corrected chi connectivity index (χ3v) is 3.14. The fourth-order valence-corrected chi connectivity index (χ4v) is 1.68. The Bertz CT molecular complexity index is 166. The minimum absolute atomic E-state index is 0.205. The van der Waals surface area contributed by atoms with Gasteiger partial charge in [-0.1, -0.05) is 47.0 Å². The summed E-state index contributed by atoms with van der Waals surface area (Å²) in [6, 6.07) is 0. The summed E-state index contributed by atoms with van der Waals surface area (Å²) < 4.78 is 0. The van der Waals surface area contributed by atoms with E-state index in [1.807, 2.05) is 6.92 Å². The molecule has 0 amide bonds. The Morgan fingerprint density at radius 3 is 2.14 bits per heavy atom. The van der Waals surface area contributed by atoms with Gasteiger partial charge in [0.15, 0.2) is 0 Å². The zero-order valence-corrected chi connectivity index (χ0v) is 9.92. The normalized spacial score (nSPS) is 17.4. The Labute approximate surface area is 87.7 Å². The van der Waals surface area contributed by atoms with Crippen molar-refractivity contribution in [1.82, 2.24) is 0 Å². The van der Waals surface area contributed by atoms with Crippen LogP contribution in [0.2, 0.25) is 0 Å². The number of hydrogen-bond acceptors (Lipinski definition) is 1. The molecule has 0 saturated heterocycles. The highest BCUT2D eigenvalue weighted by Gasteiger charge is 2.19. The lowest BCUT2D eigenvalue weighted by molar-refractivity contribution is -0.142. The van der Waals surface area contributed by atoms with Crippen molar-refractivity contribution in [3.63, 3.8) is 0 Å². The summed E-state index contributed by atoms with van der Waals surface area (Å²) >= 11 is 0. The van der Waals surface area contributed by atoms with Gasteiger partial charge in [0.05, 0.1) is 5.92 Å². The van der Waals surface area contributed by atoms with E-state index in [4.69, 9.17) is 5.11 Å². The first-order valence-corrected chi connectivity index (χ1v) is 5.71. The molecular weight excluding hydrogens is 176 g/mol. The van der Waals surface area contributed by atoms with E-state index in [1.54, 1.807) is 6.92 Å². The van der Waals surface area contributed by atoms with Gasteiger partial charge in [-0.15, -0.1) is 0 Å². The first-order chi connectivity index (χ1) is 6.49. The van der Waals surface area contributed by atoms with Gasteiger partial charge in [0, 0.05) is 0 Å². The second kappa shape index (κ2) is 6.86. The molecule has 0 aromatic heterocycles. The van der Waals surface area contributed by atoms with E-state index in [2.05, 4.69) is 13.8 Å². The van der Waals surface area contributed by atoms with Gasteiger partial charge in [0.1, 0.15) is 0 Å². The molecule has 0 radical (unpaired) electrons. The van der Waals surface area contributed by atoms with E-state index in [0.717, 1.165) is 18.8 Å². The predicted molar refractivity (Wildman–Crippen MR) is 59.3 cm³/mol. The number of aliphatic carboxylic acids is 1. The van der Waals surface area contributed by atoms with Crippen molar-refractivity contribution < 1.29 is 9.90 Å². The van der Waals surface area contributed by atoms with Crippen molar-refractivity contribution in [1.29, 1.82) is 0 Å². The molecule has 0 heterocycles. The second-order valence-corrected chi connectivity index (χ2v) is 4.58. The number of carboxylic acids is 1. The summed E-state index contributed by atoms with van der Waals surface area (Å²) in [6.45, 7) is 8.29. The standard InChI is InChI=1S/C12H24O2/c1-5-6-9(2)7-8-10(3)11(4)12(13)14/h9-11H,5-8H2,1-4H3,(H,13,14). The van der Waals surface area contributed by atoms with Gasteiger partial charge < -0.3 is 5.11 Å². The third-order valence-electron chi connectivity index (χ3n) is 3.14. The van der Waals surface area contributed by atoms with E-state index in [9.17, 15) is 4.79 Å². The molecule has 0 spiro atoms. The minimum Gasteiger partial charge on any atom is -0.481 e. The predicted octanol–water partition coefficient (Wildman–Crippen LogP) is 3.56. The first kappa shape index (κ1) is 13.5. The Kier molecular flexibility index (Phi) is 6.60. The van der Waals surface area contributed by atoms with Crippen LogP contribution in [0.1, 0.15) is 53.4 Å². The zero-order valence-electron chi connectivity index (χ0n) is 9.92. The maximum absolute atomic E-state index is 10.7. The highest BCUT2D eigenvalue weighted by molar-refractivity contribution is 5.69. The smallest absolute Gasteiger partial charge is 0.306 e. The topological polar surface area (TPSA) is 37.3 Å². The lowest BCUT2D eigenvalue weighted by Gasteiger charge is -2.18. The Balaban J connectivity index is 3.72. The molecule has 3 atom stereocenters. The van der Waals surface area contributed by atoms with Crippen LogP contribution in [-0.4, -0.2) is 11.1 Å². The highest BCUT2D eigenvalue weighted by atomic mass is 16.4. The summed E-state index contributed by atoms with van der Waals surface area (Å²) in [7, 11) is 0. The molecule has 2 nitrogen and oxygen atoms in total. The molecule has 84 valence electrons. The molecule has 0 aliphatic heterocycles. The molecule has 0 saturated carbocycles. The van der Waals surface area contributed by atoms with Gasteiger partial charge in [0.2, 0.25) is 0 Å². The molecular formula is C12H24O2. The molecule has 14 heavy (non-hydrogen) atoms. The van der Waals surface area contributed by atoms with Crippen LogP contribution in [-0.2, 0) is 4.79 Å². The molecule has 2 heteroatoms. The maximum atomic E-state index is 10.7. The monoisotopic (exact) mass is 200 g/mol. The largest absolute Gasteiger partial charge is 0.481 e. The average Bonchev–Trinajstić information content (AvgIpc) is 2.13. The second-order valence-electron chi connectivity index (χ2n) is 4.58. The molecule has 0 aliphatic carbocycles. The number of carboxylic acid groups (broad SMARTS) is 1.